The second-order valence-electron chi connectivity index (χ2n) is 5.67. The predicted molar refractivity (Wildman–Crippen MR) is 89.6 cm³/mol. The van der Waals surface area contributed by atoms with Gasteiger partial charge in [0.25, 0.3) is 11.8 Å². The zero-order valence-corrected chi connectivity index (χ0v) is 13.1. The van der Waals surface area contributed by atoms with Gasteiger partial charge in [-0.2, -0.15) is 5.10 Å². The van der Waals surface area contributed by atoms with Gasteiger partial charge in [0.1, 0.15) is 0 Å². The molecule has 0 bridgehead atoms. The smallest absolute Gasteiger partial charge is 0.261 e. The lowest BCUT2D eigenvalue weighted by molar-refractivity contribution is 0.0639. The van der Waals surface area contributed by atoms with Crippen molar-refractivity contribution in [2.24, 2.45) is 0 Å². The fourth-order valence-corrected chi connectivity index (χ4v) is 2.89. The average molecular weight is 331 g/mol. The first-order valence-electron chi connectivity index (χ1n) is 7.73. The van der Waals surface area contributed by atoms with E-state index in [0.29, 0.717) is 28.7 Å². The lowest BCUT2D eigenvalue weighted by atomic mass is 10.1. The quantitative estimate of drug-likeness (QED) is 0.544. The van der Waals surface area contributed by atoms with Gasteiger partial charge in [-0.25, -0.2) is 4.68 Å². The van der Waals surface area contributed by atoms with Crippen LogP contribution in [0.25, 0.3) is 5.69 Å². The SMILES string of the molecule is O=Cc1cn(-c2ccccc2)nc1CN1C(=O)c2ccccc2C1=O. The molecule has 0 unspecified atom stereocenters. The van der Waals surface area contributed by atoms with Crippen molar-refractivity contribution in [3.8, 4) is 5.69 Å². The van der Waals surface area contributed by atoms with Gasteiger partial charge in [-0.05, 0) is 24.3 Å². The van der Waals surface area contributed by atoms with E-state index < -0.39 is 0 Å². The molecule has 0 fully saturated rings. The predicted octanol–water partition coefficient (Wildman–Crippen LogP) is 2.48. The van der Waals surface area contributed by atoms with Gasteiger partial charge in [-0.15, -0.1) is 0 Å². The van der Waals surface area contributed by atoms with Gasteiger partial charge in [0.2, 0.25) is 0 Å². The summed E-state index contributed by atoms with van der Waals surface area (Å²) in [4.78, 5) is 37.4. The van der Waals surface area contributed by atoms with E-state index in [1.165, 1.54) is 0 Å². The fourth-order valence-electron chi connectivity index (χ4n) is 2.89. The van der Waals surface area contributed by atoms with Gasteiger partial charge in [0.15, 0.2) is 6.29 Å². The second-order valence-corrected chi connectivity index (χ2v) is 5.67. The number of aromatic nitrogens is 2. The molecule has 25 heavy (non-hydrogen) atoms. The molecular weight excluding hydrogens is 318 g/mol. The van der Waals surface area contributed by atoms with Crippen LogP contribution in [0.4, 0.5) is 0 Å². The van der Waals surface area contributed by atoms with E-state index in [0.717, 1.165) is 10.6 Å². The number of fused-ring (bicyclic) bond motifs is 1. The Morgan fingerprint density at radius 2 is 1.48 bits per heavy atom. The zero-order valence-electron chi connectivity index (χ0n) is 13.1. The number of amides is 2. The molecule has 2 aromatic carbocycles. The molecule has 0 atom stereocenters. The van der Waals surface area contributed by atoms with E-state index in [2.05, 4.69) is 5.10 Å². The lowest BCUT2D eigenvalue weighted by Gasteiger charge is -2.12. The summed E-state index contributed by atoms with van der Waals surface area (Å²) >= 11 is 0. The first-order chi connectivity index (χ1) is 12.2. The van der Waals surface area contributed by atoms with Crippen molar-refractivity contribution >= 4 is 18.1 Å². The highest BCUT2D eigenvalue weighted by molar-refractivity contribution is 6.21. The minimum absolute atomic E-state index is 0.0414. The molecule has 122 valence electrons. The third kappa shape index (κ3) is 2.44. The van der Waals surface area contributed by atoms with E-state index in [4.69, 9.17) is 0 Å². The Kier molecular flexibility index (Phi) is 3.50. The van der Waals surface area contributed by atoms with Crippen molar-refractivity contribution in [2.45, 2.75) is 6.54 Å². The number of nitrogens with zero attached hydrogens (tertiary/aromatic N) is 3. The molecule has 0 saturated carbocycles. The molecule has 0 saturated heterocycles. The molecule has 1 aromatic heterocycles. The maximum atomic E-state index is 12.5. The van der Waals surface area contributed by atoms with E-state index in [1.807, 2.05) is 30.3 Å². The molecule has 0 spiro atoms. The van der Waals surface area contributed by atoms with Crippen molar-refractivity contribution in [1.82, 2.24) is 14.7 Å². The summed E-state index contributed by atoms with van der Waals surface area (Å²) in [5.41, 5.74) is 2.28. The molecular formula is C19H13N3O3. The van der Waals surface area contributed by atoms with Crippen LogP contribution in [-0.2, 0) is 6.54 Å². The highest BCUT2D eigenvalue weighted by atomic mass is 16.2. The molecule has 2 heterocycles. The fraction of sp³-hybridized carbons (Fsp3) is 0.0526. The summed E-state index contributed by atoms with van der Waals surface area (Å²) in [6.07, 6.45) is 2.27. The first-order valence-corrected chi connectivity index (χ1v) is 7.73. The van der Waals surface area contributed by atoms with Crippen molar-refractivity contribution < 1.29 is 14.4 Å². The van der Waals surface area contributed by atoms with Crippen LogP contribution in [0.2, 0.25) is 0 Å². The Balaban J connectivity index is 1.68. The Morgan fingerprint density at radius 1 is 0.880 bits per heavy atom. The van der Waals surface area contributed by atoms with E-state index in [9.17, 15) is 14.4 Å². The Bertz CT molecular complexity index is 957. The van der Waals surface area contributed by atoms with Gasteiger partial charge in [0, 0.05) is 6.20 Å². The number of rotatable bonds is 4. The van der Waals surface area contributed by atoms with Gasteiger partial charge in [-0.1, -0.05) is 30.3 Å². The van der Waals surface area contributed by atoms with Crippen LogP contribution in [-0.4, -0.2) is 32.8 Å². The molecule has 3 aromatic rings. The maximum Gasteiger partial charge on any atom is 0.261 e. The maximum absolute atomic E-state index is 12.5. The van der Waals surface area contributed by atoms with Crippen LogP contribution in [0.5, 0.6) is 0 Å². The van der Waals surface area contributed by atoms with Crippen LogP contribution < -0.4 is 0 Å². The zero-order chi connectivity index (χ0) is 17.4. The lowest BCUT2D eigenvalue weighted by Crippen LogP contribution is -2.29. The summed E-state index contributed by atoms with van der Waals surface area (Å²) in [5, 5.41) is 4.39. The third-order valence-electron chi connectivity index (χ3n) is 4.16. The third-order valence-corrected chi connectivity index (χ3v) is 4.16. The number of carbonyl (C=O) groups excluding carboxylic acids is 3. The van der Waals surface area contributed by atoms with Gasteiger partial charge in [-0.3, -0.25) is 19.3 Å². The highest BCUT2D eigenvalue weighted by Crippen LogP contribution is 2.24. The molecule has 1 aliphatic heterocycles. The molecule has 4 rings (SSSR count). The summed E-state index contributed by atoms with van der Waals surface area (Å²) in [5.74, 6) is -0.738. The average Bonchev–Trinajstić information content (AvgIpc) is 3.18. The number of benzene rings is 2. The summed E-state index contributed by atoms with van der Waals surface area (Å²) in [6, 6.07) is 16.0. The van der Waals surface area contributed by atoms with Gasteiger partial charge >= 0.3 is 0 Å². The topological polar surface area (TPSA) is 72.3 Å². The molecule has 0 aliphatic carbocycles. The van der Waals surface area contributed by atoms with Gasteiger partial charge in [0.05, 0.1) is 34.6 Å². The molecule has 6 heteroatoms. The monoisotopic (exact) mass is 331 g/mol. The minimum Gasteiger partial charge on any atom is -0.298 e. The Labute approximate surface area is 143 Å². The number of hydrogen-bond acceptors (Lipinski definition) is 4. The van der Waals surface area contributed by atoms with Crippen LogP contribution in [0, 0.1) is 0 Å². The molecule has 6 nitrogen and oxygen atoms in total. The summed E-state index contributed by atoms with van der Waals surface area (Å²) in [7, 11) is 0. The Hall–Kier alpha value is -3.54. The number of aldehydes is 1. The van der Waals surface area contributed by atoms with E-state index in [1.54, 1.807) is 35.1 Å². The van der Waals surface area contributed by atoms with Gasteiger partial charge < -0.3 is 0 Å². The molecule has 0 N–H and O–H groups in total. The molecule has 0 radical (unpaired) electrons. The second kappa shape index (κ2) is 5.83. The minimum atomic E-state index is -0.369. The molecule has 1 aliphatic rings. The van der Waals surface area contributed by atoms with E-state index >= 15 is 0 Å². The van der Waals surface area contributed by atoms with Crippen molar-refractivity contribution in [3.63, 3.8) is 0 Å². The number of hydrogen-bond donors (Lipinski definition) is 0. The van der Waals surface area contributed by atoms with Crippen molar-refractivity contribution in [2.75, 3.05) is 0 Å². The van der Waals surface area contributed by atoms with Crippen LogP contribution in [0.15, 0.2) is 60.8 Å². The normalized spacial score (nSPS) is 13.2. The van der Waals surface area contributed by atoms with Crippen LogP contribution >= 0.6 is 0 Å². The summed E-state index contributed by atoms with van der Waals surface area (Å²) < 4.78 is 1.57. The van der Waals surface area contributed by atoms with Crippen LogP contribution in [0.1, 0.15) is 36.8 Å². The van der Waals surface area contributed by atoms with Crippen molar-refractivity contribution in [1.29, 1.82) is 0 Å². The Morgan fingerprint density at radius 3 is 2.08 bits per heavy atom. The summed E-state index contributed by atoms with van der Waals surface area (Å²) in [6.45, 7) is -0.0414. The highest BCUT2D eigenvalue weighted by Gasteiger charge is 2.35. The standard InChI is InChI=1S/C19H13N3O3/c23-12-13-10-22(14-6-2-1-3-7-14)20-17(13)11-21-18(24)15-8-4-5-9-16(15)19(21)25/h1-10,12H,11H2. The number of imide groups is 1. The number of carbonyl (C=O) groups is 3. The number of para-hydroxylation sites is 1. The largest absolute Gasteiger partial charge is 0.298 e. The van der Waals surface area contributed by atoms with Crippen LogP contribution in [0.3, 0.4) is 0 Å². The first kappa shape index (κ1) is 15.0. The molecule has 2 amide bonds. The van der Waals surface area contributed by atoms with Crippen molar-refractivity contribution in [3.05, 3.63) is 83.2 Å². The van der Waals surface area contributed by atoms with E-state index in [-0.39, 0.29) is 18.4 Å².